The molecule has 110 valence electrons. The third kappa shape index (κ3) is 3.54. The van der Waals surface area contributed by atoms with E-state index in [1.807, 2.05) is 0 Å². The average Bonchev–Trinajstić information content (AvgIpc) is 3.32. The summed E-state index contributed by atoms with van der Waals surface area (Å²) in [5, 5.41) is 3.60. The molecule has 0 saturated heterocycles. The van der Waals surface area contributed by atoms with Crippen molar-refractivity contribution >= 4 is 5.69 Å². The summed E-state index contributed by atoms with van der Waals surface area (Å²) >= 11 is 0. The zero-order valence-electron chi connectivity index (χ0n) is 13.0. The van der Waals surface area contributed by atoms with Crippen molar-refractivity contribution in [1.29, 1.82) is 0 Å². The predicted molar refractivity (Wildman–Crippen MR) is 86.3 cm³/mol. The number of rotatable bonds is 8. The van der Waals surface area contributed by atoms with E-state index in [4.69, 9.17) is 0 Å². The number of hydrogen-bond acceptors (Lipinski definition) is 2. The fourth-order valence-corrected chi connectivity index (χ4v) is 2.91. The van der Waals surface area contributed by atoms with Gasteiger partial charge in [-0.3, -0.25) is 0 Å². The maximum absolute atomic E-state index is 3.60. The van der Waals surface area contributed by atoms with Crippen molar-refractivity contribution in [2.75, 3.05) is 11.4 Å². The average molecular weight is 272 g/mol. The number of hydrogen-bond donors (Lipinski definition) is 1. The van der Waals surface area contributed by atoms with Crippen molar-refractivity contribution in [2.24, 2.45) is 0 Å². The lowest BCUT2D eigenvalue weighted by molar-refractivity contribution is 0.686. The standard InChI is InChI=1S/C18H28N2/c1-3-4-11-20(17-8-9-17)18-10-5-15(12-14(18)2)13-19-16-6-7-16/h5,10,12,16-17,19H,3-4,6-9,11,13H2,1-2H3. The van der Waals surface area contributed by atoms with Crippen LogP contribution in [-0.2, 0) is 6.54 Å². The van der Waals surface area contributed by atoms with Crippen LogP contribution in [0.4, 0.5) is 5.69 Å². The van der Waals surface area contributed by atoms with Crippen LogP contribution < -0.4 is 10.2 Å². The highest BCUT2D eigenvalue weighted by atomic mass is 15.2. The SMILES string of the molecule is CCCCN(c1ccc(CNC2CC2)cc1C)C1CC1. The van der Waals surface area contributed by atoms with Crippen LogP contribution in [0.2, 0.25) is 0 Å². The summed E-state index contributed by atoms with van der Waals surface area (Å²) in [4.78, 5) is 2.65. The van der Waals surface area contributed by atoms with Gasteiger partial charge in [0.25, 0.3) is 0 Å². The summed E-state index contributed by atoms with van der Waals surface area (Å²) in [5.41, 5.74) is 4.35. The summed E-state index contributed by atoms with van der Waals surface area (Å²) in [6, 6.07) is 8.66. The van der Waals surface area contributed by atoms with Gasteiger partial charge in [0.05, 0.1) is 0 Å². The molecule has 0 atom stereocenters. The Hall–Kier alpha value is -1.02. The molecule has 0 spiro atoms. The monoisotopic (exact) mass is 272 g/mol. The van der Waals surface area contributed by atoms with Gasteiger partial charge in [-0.1, -0.05) is 25.5 Å². The fraction of sp³-hybridized carbons (Fsp3) is 0.667. The van der Waals surface area contributed by atoms with E-state index >= 15 is 0 Å². The van der Waals surface area contributed by atoms with Crippen LogP contribution in [-0.4, -0.2) is 18.6 Å². The molecule has 1 N–H and O–H groups in total. The second-order valence-electron chi connectivity index (χ2n) is 6.55. The third-order valence-corrected chi connectivity index (χ3v) is 4.48. The highest BCUT2D eigenvalue weighted by molar-refractivity contribution is 5.56. The molecule has 0 radical (unpaired) electrons. The van der Waals surface area contributed by atoms with Gasteiger partial charge in [0.1, 0.15) is 0 Å². The lowest BCUT2D eigenvalue weighted by Crippen LogP contribution is -2.27. The number of nitrogens with zero attached hydrogens (tertiary/aromatic N) is 1. The molecular formula is C18H28N2. The molecule has 0 heterocycles. The number of nitrogens with one attached hydrogen (secondary N) is 1. The van der Waals surface area contributed by atoms with E-state index in [1.54, 1.807) is 0 Å². The maximum atomic E-state index is 3.60. The topological polar surface area (TPSA) is 15.3 Å². The largest absolute Gasteiger partial charge is 0.368 e. The highest BCUT2D eigenvalue weighted by Gasteiger charge is 2.29. The van der Waals surface area contributed by atoms with Crippen LogP contribution in [0.5, 0.6) is 0 Å². The molecule has 2 aliphatic carbocycles. The Balaban J connectivity index is 1.67. The maximum Gasteiger partial charge on any atom is 0.0398 e. The molecule has 1 aromatic rings. The van der Waals surface area contributed by atoms with E-state index in [-0.39, 0.29) is 0 Å². The Kier molecular flexibility index (Phi) is 4.30. The van der Waals surface area contributed by atoms with Gasteiger partial charge in [0, 0.05) is 30.9 Å². The summed E-state index contributed by atoms with van der Waals surface area (Å²) in [7, 11) is 0. The second kappa shape index (κ2) is 6.17. The second-order valence-corrected chi connectivity index (χ2v) is 6.55. The van der Waals surface area contributed by atoms with Crippen molar-refractivity contribution in [3.63, 3.8) is 0 Å². The third-order valence-electron chi connectivity index (χ3n) is 4.48. The zero-order chi connectivity index (χ0) is 13.9. The summed E-state index contributed by atoms with van der Waals surface area (Å²) in [6.45, 7) is 6.81. The van der Waals surface area contributed by atoms with Gasteiger partial charge in [-0.25, -0.2) is 0 Å². The number of aryl methyl sites for hydroxylation is 1. The molecule has 0 aliphatic heterocycles. The Labute approximate surface area is 123 Å². The van der Waals surface area contributed by atoms with Gasteiger partial charge >= 0.3 is 0 Å². The molecule has 0 amide bonds. The van der Waals surface area contributed by atoms with E-state index in [1.165, 1.54) is 61.9 Å². The van der Waals surface area contributed by atoms with Crippen LogP contribution in [0, 0.1) is 6.92 Å². The summed E-state index contributed by atoms with van der Waals surface area (Å²) in [5.74, 6) is 0. The Morgan fingerprint density at radius 1 is 1.20 bits per heavy atom. The molecule has 1 aromatic carbocycles. The lowest BCUT2D eigenvalue weighted by atomic mass is 10.1. The number of unbranched alkanes of at least 4 members (excludes halogenated alkanes) is 1. The molecule has 20 heavy (non-hydrogen) atoms. The minimum Gasteiger partial charge on any atom is -0.368 e. The Morgan fingerprint density at radius 3 is 2.60 bits per heavy atom. The highest BCUT2D eigenvalue weighted by Crippen LogP contribution is 2.34. The van der Waals surface area contributed by atoms with E-state index in [0.717, 1.165) is 18.6 Å². The molecule has 0 unspecified atom stereocenters. The van der Waals surface area contributed by atoms with Gasteiger partial charge in [-0.05, 0) is 56.2 Å². The lowest BCUT2D eigenvalue weighted by Gasteiger charge is -2.26. The molecule has 2 aliphatic rings. The van der Waals surface area contributed by atoms with Crippen LogP contribution in [0.3, 0.4) is 0 Å². The van der Waals surface area contributed by atoms with E-state index in [0.29, 0.717) is 0 Å². The van der Waals surface area contributed by atoms with Gasteiger partial charge in [-0.2, -0.15) is 0 Å². The molecular weight excluding hydrogens is 244 g/mol. The quantitative estimate of drug-likeness (QED) is 0.769. The zero-order valence-corrected chi connectivity index (χ0v) is 13.0. The summed E-state index contributed by atoms with van der Waals surface area (Å²) < 4.78 is 0. The minimum absolute atomic E-state index is 0.794. The van der Waals surface area contributed by atoms with Crippen molar-refractivity contribution in [3.8, 4) is 0 Å². The molecule has 2 heteroatoms. The number of benzene rings is 1. The van der Waals surface area contributed by atoms with Crippen LogP contribution in [0.15, 0.2) is 18.2 Å². The van der Waals surface area contributed by atoms with E-state index in [9.17, 15) is 0 Å². The first-order valence-corrected chi connectivity index (χ1v) is 8.37. The smallest absolute Gasteiger partial charge is 0.0398 e. The fourth-order valence-electron chi connectivity index (χ4n) is 2.91. The first-order valence-electron chi connectivity index (χ1n) is 8.37. The normalized spacial score (nSPS) is 18.3. The Morgan fingerprint density at radius 2 is 2.00 bits per heavy atom. The Bertz CT molecular complexity index is 447. The molecule has 3 rings (SSSR count). The van der Waals surface area contributed by atoms with E-state index < -0.39 is 0 Å². The van der Waals surface area contributed by atoms with Gasteiger partial charge < -0.3 is 10.2 Å². The van der Waals surface area contributed by atoms with Crippen LogP contribution in [0.1, 0.15) is 56.6 Å². The molecule has 2 fully saturated rings. The molecule has 2 nitrogen and oxygen atoms in total. The van der Waals surface area contributed by atoms with E-state index in [2.05, 4.69) is 42.3 Å². The van der Waals surface area contributed by atoms with Gasteiger partial charge in [-0.15, -0.1) is 0 Å². The van der Waals surface area contributed by atoms with Crippen molar-refractivity contribution in [1.82, 2.24) is 5.32 Å². The summed E-state index contributed by atoms with van der Waals surface area (Å²) in [6.07, 6.45) is 8.09. The predicted octanol–water partition coefficient (Wildman–Crippen LogP) is 4.02. The van der Waals surface area contributed by atoms with Crippen molar-refractivity contribution < 1.29 is 0 Å². The van der Waals surface area contributed by atoms with Crippen molar-refractivity contribution in [3.05, 3.63) is 29.3 Å². The number of anilines is 1. The van der Waals surface area contributed by atoms with Gasteiger partial charge in [0.15, 0.2) is 0 Å². The first-order chi connectivity index (χ1) is 9.78. The van der Waals surface area contributed by atoms with Crippen molar-refractivity contribution in [2.45, 2.75) is 71.0 Å². The first kappa shape index (κ1) is 13.9. The van der Waals surface area contributed by atoms with Crippen LogP contribution in [0.25, 0.3) is 0 Å². The van der Waals surface area contributed by atoms with Gasteiger partial charge in [0.2, 0.25) is 0 Å². The minimum atomic E-state index is 0.794. The van der Waals surface area contributed by atoms with Crippen LogP contribution >= 0.6 is 0 Å². The molecule has 2 saturated carbocycles. The molecule has 0 bridgehead atoms. The molecule has 0 aromatic heterocycles.